The Kier molecular flexibility index (Phi) is 3.03. The van der Waals surface area contributed by atoms with Gasteiger partial charge in [0.2, 0.25) is 5.56 Å². The average Bonchev–Trinajstić information content (AvgIpc) is 2.15. The van der Waals surface area contributed by atoms with Gasteiger partial charge >= 0.3 is 0 Å². The number of pyridine rings is 1. The monoisotopic (exact) mass is 220 g/mol. The van der Waals surface area contributed by atoms with Gasteiger partial charge in [-0.25, -0.2) is 0 Å². The SMILES string of the molecule is CC(C)C1CC(Nc2ccc(=O)n(C)c2)C1. The number of nitrogens with zero attached hydrogens (tertiary/aromatic N) is 1. The van der Waals surface area contributed by atoms with E-state index in [0.717, 1.165) is 17.5 Å². The van der Waals surface area contributed by atoms with Gasteiger partial charge in [-0.2, -0.15) is 0 Å². The van der Waals surface area contributed by atoms with Gasteiger partial charge in [-0.1, -0.05) is 13.8 Å². The Morgan fingerprint density at radius 3 is 2.62 bits per heavy atom. The maximum Gasteiger partial charge on any atom is 0.250 e. The molecule has 0 radical (unpaired) electrons. The third-order valence-corrected chi connectivity index (χ3v) is 3.57. The van der Waals surface area contributed by atoms with Crippen molar-refractivity contribution in [1.82, 2.24) is 4.57 Å². The second-order valence-corrected chi connectivity index (χ2v) is 5.18. The Labute approximate surface area is 96.5 Å². The second-order valence-electron chi connectivity index (χ2n) is 5.18. The summed E-state index contributed by atoms with van der Waals surface area (Å²) in [7, 11) is 1.78. The fraction of sp³-hybridized carbons (Fsp3) is 0.615. The van der Waals surface area contributed by atoms with E-state index in [1.54, 1.807) is 17.7 Å². The first-order chi connectivity index (χ1) is 7.56. The molecule has 1 N–H and O–H groups in total. The largest absolute Gasteiger partial charge is 0.381 e. The minimum Gasteiger partial charge on any atom is -0.381 e. The molecule has 0 amide bonds. The van der Waals surface area contributed by atoms with Crippen molar-refractivity contribution in [3.05, 3.63) is 28.7 Å². The van der Waals surface area contributed by atoms with Crippen LogP contribution >= 0.6 is 0 Å². The van der Waals surface area contributed by atoms with Crippen molar-refractivity contribution in [1.29, 1.82) is 0 Å². The van der Waals surface area contributed by atoms with Crippen LogP contribution in [0.3, 0.4) is 0 Å². The smallest absolute Gasteiger partial charge is 0.250 e. The normalized spacial score (nSPS) is 24.2. The molecule has 1 aliphatic carbocycles. The lowest BCUT2D eigenvalue weighted by Gasteiger charge is -2.39. The van der Waals surface area contributed by atoms with Crippen LogP contribution in [0.4, 0.5) is 5.69 Å². The maximum absolute atomic E-state index is 11.2. The highest BCUT2D eigenvalue weighted by atomic mass is 16.1. The highest BCUT2D eigenvalue weighted by Crippen LogP contribution is 2.35. The molecule has 0 bridgehead atoms. The lowest BCUT2D eigenvalue weighted by molar-refractivity contribution is 0.212. The minimum absolute atomic E-state index is 0.0409. The van der Waals surface area contributed by atoms with E-state index >= 15 is 0 Å². The number of rotatable bonds is 3. The molecular formula is C13H20N2O. The van der Waals surface area contributed by atoms with E-state index in [2.05, 4.69) is 19.2 Å². The highest BCUT2D eigenvalue weighted by Gasteiger charge is 2.30. The molecule has 1 saturated carbocycles. The summed E-state index contributed by atoms with van der Waals surface area (Å²) in [5, 5.41) is 3.47. The first kappa shape index (κ1) is 11.2. The topological polar surface area (TPSA) is 34.0 Å². The molecule has 0 atom stereocenters. The lowest BCUT2D eigenvalue weighted by Crippen LogP contribution is -2.38. The number of hydrogen-bond donors (Lipinski definition) is 1. The van der Waals surface area contributed by atoms with E-state index in [1.165, 1.54) is 12.8 Å². The fourth-order valence-electron chi connectivity index (χ4n) is 2.24. The molecule has 88 valence electrons. The zero-order valence-electron chi connectivity index (χ0n) is 10.2. The van der Waals surface area contributed by atoms with Gasteiger partial charge in [0.05, 0.1) is 5.69 Å². The van der Waals surface area contributed by atoms with E-state index in [0.29, 0.717) is 6.04 Å². The standard InChI is InChI=1S/C13H20N2O/c1-9(2)10-6-12(7-10)14-11-4-5-13(16)15(3)8-11/h4-5,8-10,12,14H,6-7H2,1-3H3. The summed E-state index contributed by atoms with van der Waals surface area (Å²) >= 11 is 0. The maximum atomic E-state index is 11.2. The molecule has 1 fully saturated rings. The molecule has 1 aromatic rings. The summed E-state index contributed by atoms with van der Waals surface area (Å²) in [5.74, 6) is 1.66. The Morgan fingerprint density at radius 2 is 2.06 bits per heavy atom. The summed E-state index contributed by atoms with van der Waals surface area (Å²) in [6.45, 7) is 4.57. The third-order valence-electron chi connectivity index (χ3n) is 3.57. The number of anilines is 1. The van der Waals surface area contributed by atoms with Crippen molar-refractivity contribution in [3.63, 3.8) is 0 Å². The Morgan fingerprint density at radius 1 is 1.38 bits per heavy atom. The highest BCUT2D eigenvalue weighted by molar-refractivity contribution is 5.41. The number of nitrogens with one attached hydrogen (secondary N) is 1. The molecular weight excluding hydrogens is 200 g/mol. The molecule has 3 heteroatoms. The Balaban J connectivity index is 1.92. The lowest BCUT2D eigenvalue weighted by atomic mass is 9.73. The van der Waals surface area contributed by atoms with Crippen LogP contribution in [0.1, 0.15) is 26.7 Å². The van der Waals surface area contributed by atoms with Crippen molar-refractivity contribution < 1.29 is 0 Å². The predicted octanol–water partition coefficient (Wildman–Crippen LogP) is 2.23. The summed E-state index contributed by atoms with van der Waals surface area (Å²) in [6, 6.07) is 4.07. The van der Waals surface area contributed by atoms with Crippen molar-refractivity contribution >= 4 is 5.69 Å². The molecule has 0 aliphatic heterocycles. The van der Waals surface area contributed by atoms with Gasteiger partial charge < -0.3 is 9.88 Å². The van der Waals surface area contributed by atoms with E-state index < -0.39 is 0 Å². The van der Waals surface area contributed by atoms with Gasteiger partial charge in [0.15, 0.2) is 0 Å². The molecule has 0 saturated heterocycles. The van der Waals surface area contributed by atoms with Crippen LogP contribution in [0.5, 0.6) is 0 Å². The molecule has 1 aliphatic rings. The van der Waals surface area contributed by atoms with Crippen LogP contribution in [0.25, 0.3) is 0 Å². The summed E-state index contributed by atoms with van der Waals surface area (Å²) < 4.78 is 1.61. The molecule has 3 nitrogen and oxygen atoms in total. The molecule has 2 rings (SSSR count). The number of aryl methyl sites for hydroxylation is 1. The van der Waals surface area contributed by atoms with Crippen LogP contribution in [-0.2, 0) is 7.05 Å². The van der Waals surface area contributed by atoms with Gasteiger partial charge in [-0.3, -0.25) is 4.79 Å². The molecule has 1 aromatic heterocycles. The minimum atomic E-state index is 0.0409. The van der Waals surface area contributed by atoms with E-state index in [-0.39, 0.29) is 5.56 Å². The molecule has 0 unspecified atom stereocenters. The van der Waals surface area contributed by atoms with E-state index in [1.807, 2.05) is 12.3 Å². The molecule has 0 aromatic carbocycles. The van der Waals surface area contributed by atoms with Crippen molar-refractivity contribution in [2.75, 3.05) is 5.32 Å². The first-order valence-corrected chi connectivity index (χ1v) is 5.99. The summed E-state index contributed by atoms with van der Waals surface area (Å²) in [5.41, 5.74) is 1.09. The Bertz CT molecular complexity index is 416. The van der Waals surface area contributed by atoms with Gasteiger partial charge in [-0.05, 0) is 30.7 Å². The van der Waals surface area contributed by atoms with Crippen LogP contribution in [0.2, 0.25) is 0 Å². The van der Waals surface area contributed by atoms with Gasteiger partial charge in [0.25, 0.3) is 0 Å². The van der Waals surface area contributed by atoms with Crippen LogP contribution in [0.15, 0.2) is 23.1 Å². The van der Waals surface area contributed by atoms with E-state index in [9.17, 15) is 4.79 Å². The van der Waals surface area contributed by atoms with E-state index in [4.69, 9.17) is 0 Å². The summed E-state index contributed by atoms with van der Waals surface area (Å²) in [6.07, 6.45) is 4.37. The van der Waals surface area contributed by atoms with Gasteiger partial charge in [0.1, 0.15) is 0 Å². The third kappa shape index (κ3) is 2.29. The number of hydrogen-bond acceptors (Lipinski definition) is 2. The second kappa shape index (κ2) is 4.32. The summed E-state index contributed by atoms with van der Waals surface area (Å²) in [4.78, 5) is 11.2. The fourth-order valence-corrected chi connectivity index (χ4v) is 2.24. The van der Waals surface area contributed by atoms with Crippen LogP contribution in [-0.4, -0.2) is 10.6 Å². The predicted molar refractivity (Wildman–Crippen MR) is 66.7 cm³/mol. The van der Waals surface area contributed by atoms with Crippen molar-refractivity contribution in [3.8, 4) is 0 Å². The molecule has 16 heavy (non-hydrogen) atoms. The van der Waals surface area contributed by atoms with Gasteiger partial charge in [-0.15, -0.1) is 0 Å². The molecule has 0 spiro atoms. The number of aromatic nitrogens is 1. The van der Waals surface area contributed by atoms with Crippen LogP contribution < -0.4 is 10.9 Å². The Hall–Kier alpha value is -1.25. The average molecular weight is 220 g/mol. The zero-order valence-corrected chi connectivity index (χ0v) is 10.2. The van der Waals surface area contributed by atoms with Gasteiger partial charge in [0, 0.05) is 25.4 Å². The van der Waals surface area contributed by atoms with Crippen molar-refractivity contribution in [2.24, 2.45) is 18.9 Å². The molecule has 1 heterocycles. The van der Waals surface area contributed by atoms with Crippen LogP contribution in [0, 0.1) is 11.8 Å². The zero-order chi connectivity index (χ0) is 11.7. The first-order valence-electron chi connectivity index (χ1n) is 5.99. The quantitative estimate of drug-likeness (QED) is 0.847. The van der Waals surface area contributed by atoms with Crippen molar-refractivity contribution in [2.45, 2.75) is 32.7 Å².